The number of rotatable bonds is 0. The molecule has 5 rings (SSSR count). The Kier molecular flexibility index (Phi) is 6.36. The van der Waals surface area contributed by atoms with E-state index in [-0.39, 0.29) is 0 Å². The molecule has 0 aliphatic carbocycles. The smallest absolute Gasteiger partial charge is 0.124 e. The topological polar surface area (TPSA) is 37.5 Å². The lowest BCUT2D eigenvalue weighted by atomic mass is 10.0. The summed E-state index contributed by atoms with van der Waals surface area (Å²) in [5.74, 6) is 1.09. The highest BCUT2D eigenvalue weighted by Gasteiger charge is 2.22. The Morgan fingerprint density at radius 2 is 1.74 bits per heavy atom. The molecule has 1 aromatic heterocycles. The van der Waals surface area contributed by atoms with Crippen molar-refractivity contribution in [3.05, 3.63) is 29.5 Å². The molecule has 4 heteroatoms. The van der Waals surface area contributed by atoms with Crippen molar-refractivity contribution < 1.29 is 9.47 Å². The van der Waals surface area contributed by atoms with E-state index in [0.29, 0.717) is 6.10 Å². The number of nitrogens with one attached hydrogen (secondary N) is 1. The second-order valence-corrected chi connectivity index (χ2v) is 8.25. The van der Waals surface area contributed by atoms with Gasteiger partial charge < -0.3 is 14.5 Å². The van der Waals surface area contributed by atoms with Gasteiger partial charge >= 0.3 is 0 Å². The fraction of sp³-hybridized carbons (Fsp3) is 0.652. The zero-order valence-corrected chi connectivity index (χ0v) is 16.8. The molecule has 1 fully saturated rings. The Balaban J connectivity index is 1.55. The zero-order chi connectivity index (χ0) is 18.5. The lowest BCUT2D eigenvalue weighted by Gasteiger charge is -2.32. The normalized spacial score (nSPS) is 25.7. The number of aromatic amines is 1. The number of nitrogens with zero attached hydrogens (tertiary/aromatic N) is 1. The molecule has 1 N–H and O–H groups in total. The number of piperidine rings is 1. The summed E-state index contributed by atoms with van der Waals surface area (Å²) in [6.07, 6.45) is 12.4. The average Bonchev–Trinajstić information content (AvgIpc) is 3.17. The summed E-state index contributed by atoms with van der Waals surface area (Å²) in [7, 11) is 0. The molecule has 2 aromatic rings. The van der Waals surface area contributed by atoms with Crippen LogP contribution in [0.5, 0.6) is 5.75 Å². The van der Waals surface area contributed by atoms with Crippen LogP contribution in [0.1, 0.15) is 62.5 Å². The summed E-state index contributed by atoms with van der Waals surface area (Å²) in [6.45, 7) is 7.14. The first-order chi connectivity index (χ1) is 13.3. The summed E-state index contributed by atoms with van der Waals surface area (Å²) in [6, 6.07) is 4.45. The van der Waals surface area contributed by atoms with Crippen molar-refractivity contribution in [3.8, 4) is 5.75 Å². The van der Waals surface area contributed by atoms with E-state index in [1.54, 1.807) is 0 Å². The van der Waals surface area contributed by atoms with Gasteiger partial charge in [-0.05, 0) is 50.3 Å². The molecular formula is C23H34N2O2. The molecule has 4 nitrogen and oxygen atoms in total. The number of fused-ring (bicyclic) bond motifs is 12. The molecule has 0 spiro atoms. The first kappa shape index (κ1) is 18.8. The average molecular weight is 371 g/mol. The minimum Gasteiger partial charge on any atom is -0.493 e. The fourth-order valence-electron chi connectivity index (χ4n) is 4.53. The van der Waals surface area contributed by atoms with E-state index in [1.165, 1.54) is 54.1 Å². The van der Waals surface area contributed by atoms with Crippen LogP contribution >= 0.6 is 0 Å². The quantitative estimate of drug-likeness (QED) is 0.693. The number of aromatic nitrogens is 1. The van der Waals surface area contributed by atoms with Crippen molar-refractivity contribution in [1.82, 2.24) is 9.88 Å². The molecule has 148 valence electrons. The fourth-order valence-corrected chi connectivity index (χ4v) is 4.53. The van der Waals surface area contributed by atoms with Crippen LogP contribution in [0.3, 0.4) is 0 Å². The molecule has 1 saturated heterocycles. The van der Waals surface area contributed by atoms with Crippen LogP contribution in [-0.4, -0.2) is 42.3 Å². The zero-order valence-electron chi connectivity index (χ0n) is 16.8. The van der Waals surface area contributed by atoms with Gasteiger partial charge in [0, 0.05) is 48.9 Å². The lowest BCUT2D eigenvalue weighted by molar-refractivity contribution is 0.00426. The van der Waals surface area contributed by atoms with E-state index in [0.717, 1.165) is 57.9 Å². The molecule has 27 heavy (non-hydrogen) atoms. The van der Waals surface area contributed by atoms with Crippen LogP contribution in [0, 0.1) is 6.92 Å². The van der Waals surface area contributed by atoms with Gasteiger partial charge in [0.25, 0.3) is 0 Å². The highest BCUT2D eigenvalue weighted by Crippen LogP contribution is 2.33. The SMILES string of the molecule is Cc1cc2c(c3cc[nH]c13)CN1CCC(CC1)OCCCCCCCCO2. The van der Waals surface area contributed by atoms with Gasteiger partial charge in [-0.25, -0.2) is 0 Å². The minimum atomic E-state index is 0.456. The van der Waals surface area contributed by atoms with Gasteiger partial charge in [-0.1, -0.05) is 25.7 Å². The third-order valence-electron chi connectivity index (χ3n) is 6.18. The predicted molar refractivity (Wildman–Crippen MR) is 110 cm³/mol. The Labute approximate surface area is 163 Å². The molecule has 4 heterocycles. The third kappa shape index (κ3) is 4.67. The Hall–Kier alpha value is -1.52. The van der Waals surface area contributed by atoms with Crippen LogP contribution in [0.15, 0.2) is 18.3 Å². The van der Waals surface area contributed by atoms with Gasteiger partial charge in [0.05, 0.1) is 12.7 Å². The number of hydrogen-bond donors (Lipinski definition) is 1. The van der Waals surface area contributed by atoms with Crippen LogP contribution in [0.2, 0.25) is 0 Å². The summed E-state index contributed by atoms with van der Waals surface area (Å²) in [5.41, 5.74) is 3.87. The Morgan fingerprint density at radius 3 is 2.56 bits per heavy atom. The lowest BCUT2D eigenvalue weighted by Crippen LogP contribution is -2.36. The van der Waals surface area contributed by atoms with Gasteiger partial charge in [-0.3, -0.25) is 4.90 Å². The molecule has 3 aliphatic heterocycles. The summed E-state index contributed by atoms with van der Waals surface area (Å²) in [5, 5.41) is 1.32. The van der Waals surface area contributed by atoms with Gasteiger partial charge in [0.1, 0.15) is 5.75 Å². The molecule has 0 saturated carbocycles. The van der Waals surface area contributed by atoms with E-state index in [2.05, 4.69) is 35.1 Å². The number of benzene rings is 1. The largest absolute Gasteiger partial charge is 0.493 e. The molecule has 0 amide bonds. The van der Waals surface area contributed by atoms with Crippen molar-refractivity contribution in [2.24, 2.45) is 0 Å². The Morgan fingerprint density at radius 1 is 1.00 bits per heavy atom. The van der Waals surface area contributed by atoms with E-state index < -0.39 is 0 Å². The Bertz CT molecular complexity index is 731. The van der Waals surface area contributed by atoms with Crippen LogP contribution in [0.4, 0.5) is 0 Å². The highest BCUT2D eigenvalue weighted by atomic mass is 16.5. The maximum Gasteiger partial charge on any atom is 0.124 e. The van der Waals surface area contributed by atoms with Gasteiger partial charge in [-0.15, -0.1) is 0 Å². The standard InChI is InChI=1S/C23H34N2O2/c1-18-16-22-21(20-8-11-24-23(18)20)17-25-12-9-19(10-13-25)26-14-6-4-2-3-5-7-15-27-22/h8,11,16,19,24H,2-7,9-10,12-15,17H2,1H3. The van der Waals surface area contributed by atoms with Crippen molar-refractivity contribution in [1.29, 1.82) is 0 Å². The van der Waals surface area contributed by atoms with Gasteiger partial charge in [0.15, 0.2) is 0 Å². The monoisotopic (exact) mass is 370 g/mol. The molecule has 3 aliphatic rings. The van der Waals surface area contributed by atoms with Crippen molar-refractivity contribution in [2.75, 3.05) is 26.3 Å². The van der Waals surface area contributed by atoms with Crippen LogP contribution < -0.4 is 4.74 Å². The van der Waals surface area contributed by atoms with Gasteiger partial charge in [0.2, 0.25) is 0 Å². The number of hydrogen-bond acceptors (Lipinski definition) is 3. The molecule has 0 unspecified atom stereocenters. The van der Waals surface area contributed by atoms with Crippen molar-refractivity contribution in [2.45, 2.75) is 70.9 Å². The number of H-pyrrole nitrogens is 1. The van der Waals surface area contributed by atoms with Crippen molar-refractivity contribution >= 4 is 10.9 Å². The second kappa shape index (κ2) is 9.11. The first-order valence-corrected chi connectivity index (χ1v) is 10.9. The first-order valence-electron chi connectivity index (χ1n) is 10.9. The van der Waals surface area contributed by atoms with Crippen LogP contribution in [0.25, 0.3) is 10.9 Å². The number of aryl methyl sites for hydroxylation is 1. The molecular weight excluding hydrogens is 336 g/mol. The van der Waals surface area contributed by atoms with Crippen LogP contribution in [-0.2, 0) is 11.3 Å². The van der Waals surface area contributed by atoms with Crippen molar-refractivity contribution in [3.63, 3.8) is 0 Å². The minimum absolute atomic E-state index is 0.456. The molecule has 0 atom stereocenters. The van der Waals surface area contributed by atoms with Gasteiger partial charge in [-0.2, -0.15) is 0 Å². The maximum atomic E-state index is 6.31. The van der Waals surface area contributed by atoms with E-state index in [1.807, 2.05) is 0 Å². The summed E-state index contributed by atoms with van der Waals surface area (Å²) in [4.78, 5) is 5.98. The number of ether oxygens (including phenoxy) is 2. The molecule has 0 radical (unpaired) electrons. The highest BCUT2D eigenvalue weighted by molar-refractivity contribution is 5.88. The maximum absolute atomic E-state index is 6.31. The van der Waals surface area contributed by atoms with E-state index in [9.17, 15) is 0 Å². The molecule has 2 bridgehead atoms. The third-order valence-corrected chi connectivity index (χ3v) is 6.18. The predicted octanol–water partition coefficient (Wildman–Crippen LogP) is 5.19. The molecule has 1 aromatic carbocycles. The van der Waals surface area contributed by atoms with E-state index in [4.69, 9.17) is 9.47 Å². The second-order valence-electron chi connectivity index (χ2n) is 8.25. The summed E-state index contributed by atoms with van der Waals surface area (Å²) < 4.78 is 12.5. The summed E-state index contributed by atoms with van der Waals surface area (Å²) >= 11 is 0. The van der Waals surface area contributed by atoms with E-state index >= 15 is 0 Å².